The lowest BCUT2D eigenvalue weighted by Gasteiger charge is -2.03. The molecule has 0 aromatic heterocycles. The molecule has 0 fully saturated rings. The van der Waals surface area contributed by atoms with Gasteiger partial charge in [-0.3, -0.25) is 0 Å². The minimum atomic E-state index is -0.428. The van der Waals surface area contributed by atoms with Gasteiger partial charge in [0.05, 0.1) is 18.2 Å². The molecular weight excluding hydrogens is 313 g/mol. The summed E-state index contributed by atoms with van der Waals surface area (Å²) in [5.74, 6) is -0.428. The first-order chi connectivity index (χ1) is 6.60. The van der Waals surface area contributed by atoms with Gasteiger partial charge in [-0.25, -0.2) is 4.79 Å². The van der Waals surface area contributed by atoms with E-state index in [9.17, 15) is 4.79 Å². The molecule has 0 saturated carbocycles. The van der Waals surface area contributed by atoms with Gasteiger partial charge < -0.3 is 4.74 Å². The Hall–Kier alpha value is -0.740. The van der Waals surface area contributed by atoms with Crippen LogP contribution in [0.1, 0.15) is 15.9 Å². The highest BCUT2D eigenvalue weighted by Crippen LogP contribution is 2.22. The minimum absolute atomic E-state index is 0.404. The van der Waals surface area contributed by atoms with Crippen LogP contribution in [0.3, 0.4) is 0 Å². The molecule has 0 atom stereocenters. The third kappa shape index (κ3) is 2.19. The van der Waals surface area contributed by atoms with E-state index in [1.54, 1.807) is 6.07 Å². The number of esters is 1. The van der Waals surface area contributed by atoms with E-state index in [0.717, 1.165) is 0 Å². The summed E-state index contributed by atoms with van der Waals surface area (Å²) in [6, 6.07) is 5.14. The van der Waals surface area contributed by atoms with Gasteiger partial charge in [0.1, 0.15) is 6.07 Å². The van der Waals surface area contributed by atoms with E-state index >= 15 is 0 Å². The van der Waals surface area contributed by atoms with Crippen molar-refractivity contribution in [2.24, 2.45) is 0 Å². The SMILES string of the molecule is COC(=O)c1cc(S)c(C#N)c(I)c1. The van der Waals surface area contributed by atoms with Gasteiger partial charge in [-0.1, -0.05) is 0 Å². The zero-order valence-electron chi connectivity index (χ0n) is 7.24. The molecule has 0 heterocycles. The molecule has 0 radical (unpaired) electrons. The van der Waals surface area contributed by atoms with Crippen molar-refractivity contribution < 1.29 is 9.53 Å². The van der Waals surface area contributed by atoms with Crippen LogP contribution in [0.25, 0.3) is 0 Å². The van der Waals surface area contributed by atoms with Gasteiger partial charge in [0.15, 0.2) is 0 Å². The van der Waals surface area contributed by atoms with Crippen LogP contribution in [-0.2, 0) is 4.74 Å². The number of carbonyl (C=O) groups is 1. The van der Waals surface area contributed by atoms with Crippen molar-refractivity contribution in [1.29, 1.82) is 5.26 Å². The second kappa shape index (κ2) is 4.66. The predicted molar refractivity (Wildman–Crippen MR) is 62.5 cm³/mol. The summed E-state index contributed by atoms with van der Waals surface area (Å²) in [4.78, 5) is 11.7. The van der Waals surface area contributed by atoms with E-state index in [4.69, 9.17) is 5.26 Å². The number of nitriles is 1. The van der Waals surface area contributed by atoms with Crippen LogP contribution in [0, 0.1) is 14.9 Å². The second-order valence-corrected chi connectivity index (χ2v) is 4.10. The molecule has 5 heteroatoms. The molecular formula is C9H6INO2S. The molecule has 1 aromatic rings. The number of hydrogen-bond donors (Lipinski definition) is 1. The summed E-state index contributed by atoms with van der Waals surface area (Å²) < 4.78 is 5.25. The first-order valence-corrected chi connectivity index (χ1v) is 5.13. The number of carbonyl (C=O) groups excluding carboxylic acids is 1. The molecule has 0 aliphatic heterocycles. The second-order valence-electron chi connectivity index (χ2n) is 2.46. The fraction of sp³-hybridized carbons (Fsp3) is 0.111. The van der Waals surface area contributed by atoms with Crippen LogP contribution in [-0.4, -0.2) is 13.1 Å². The van der Waals surface area contributed by atoms with Crippen molar-refractivity contribution in [3.05, 3.63) is 26.8 Å². The van der Waals surface area contributed by atoms with Crippen molar-refractivity contribution in [3.8, 4) is 6.07 Å². The Balaban J connectivity index is 3.29. The molecule has 14 heavy (non-hydrogen) atoms. The van der Waals surface area contributed by atoms with Crippen molar-refractivity contribution >= 4 is 41.2 Å². The Morgan fingerprint density at radius 2 is 2.29 bits per heavy atom. The van der Waals surface area contributed by atoms with Crippen LogP contribution >= 0.6 is 35.2 Å². The number of hydrogen-bond acceptors (Lipinski definition) is 4. The molecule has 0 unspecified atom stereocenters. The van der Waals surface area contributed by atoms with Crippen LogP contribution in [0.5, 0.6) is 0 Å². The number of thiol groups is 1. The van der Waals surface area contributed by atoms with Gasteiger partial charge in [-0.15, -0.1) is 12.6 Å². The highest BCUT2D eigenvalue weighted by Gasteiger charge is 2.11. The number of ether oxygens (including phenoxy) is 1. The molecule has 72 valence electrons. The number of rotatable bonds is 1. The Morgan fingerprint density at radius 3 is 2.71 bits per heavy atom. The maximum absolute atomic E-state index is 11.2. The van der Waals surface area contributed by atoms with Crippen molar-refractivity contribution in [2.75, 3.05) is 7.11 Å². The third-order valence-corrected chi connectivity index (χ3v) is 2.81. The summed E-state index contributed by atoms with van der Waals surface area (Å²) in [5, 5.41) is 8.77. The van der Waals surface area contributed by atoms with E-state index in [-0.39, 0.29) is 0 Å². The van der Waals surface area contributed by atoms with Gasteiger partial charge in [-0.2, -0.15) is 5.26 Å². The van der Waals surface area contributed by atoms with Gasteiger partial charge in [0.25, 0.3) is 0 Å². The summed E-state index contributed by atoms with van der Waals surface area (Å²) >= 11 is 6.10. The average molecular weight is 319 g/mol. The lowest BCUT2D eigenvalue weighted by atomic mass is 10.1. The summed E-state index contributed by atoms with van der Waals surface area (Å²) in [7, 11) is 1.31. The molecule has 0 N–H and O–H groups in total. The lowest BCUT2D eigenvalue weighted by molar-refractivity contribution is 0.0600. The minimum Gasteiger partial charge on any atom is -0.465 e. The number of benzene rings is 1. The lowest BCUT2D eigenvalue weighted by Crippen LogP contribution is -2.02. The molecule has 3 nitrogen and oxygen atoms in total. The average Bonchev–Trinajstić information content (AvgIpc) is 2.16. The van der Waals surface area contributed by atoms with Crippen LogP contribution in [0.15, 0.2) is 17.0 Å². The molecule has 0 spiro atoms. The largest absolute Gasteiger partial charge is 0.465 e. The fourth-order valence-corrected chi connectivity index (χ4v) is 2.21. The predicted octanol–water partition coefficient (Wildman–Crippen LogP) is 2.24. The molecule has 0 aliphatic carbocycles. The van der Waals surface area contributed by atoms with Gasteiger partial charge in [0.2, 0.25) is 0 Å². The maximum Gasteiger partial charge on any atom is 0.337 e. The molecule has 0 saturated heterocycles. The van der Waals surface area contributed by atoms with E-state index in [1.165, 1.54) is 13.2 Å². The number of methoxy groups -OCH3 is 1. The van der Waals surface area contributed by atoms with E-state index < -0.39 is 5.97 Å². The van der Waals surface area contributed by atoms with Gasteiger partial charge in [0, 0.05) is 8.47 Å². The normalized spacial score (nSPS) is 9.29. The van der Waals surface area contributed by atoms with Crippen LogP contribution in [0.4, 0.5) is 0 Å². The number of halogens is 1. The Bertz CT molecular complexity index is 402. The fourth-order valence-electron chi connectivity index (χ4n) is 0.939. The Morgan fingerprint density at radius 1 is 1.64 bits per heavy atom. The Labute approximate surface area is 101 Å². The van der Waals surface area contributed by atoms with E-state index in [2.05, 4.69) is 17.4 Å². The smallest absolute Gasteiger partial charge is 0.337 e. The molecule has 0 bridgehead atoms. The van der Waals surface area contributed by atoms with Crippen molar-refractivity contribution in [3.63, 3.8) is 0 Å². The first-order valence-electron chi connectivity index (χ1n) is 3.61. The summed E-state index contributed by atoms with van der Waals surface area (Å²) in [5.41, 5.74) is 0.877. The Kier molecular flexibility index (Phi) is 3.77. The zero-order valence-corrected chi connectivity index (χ0v) is 10.3. The highest BCUT2D eigenvalue weighted by atomic mass is 127. The quantitative estimate of drug-likeness (QED) is 0.491. The van der Waals surface area contributed by atoms with E-state index in [0.29, 0.717) is 19.6 Å². The summed E-state index contributed by atoms with van der Waals surface area (Å²) in [6.45, 7) is 0. The third-order valence-electron chi connectivity index (χ3n) is 1.60. The highest BCUT2D eigenvalue weighted by molar-refractivity contribution is 14.1. The molecule has 0 aliphatic rings. The summed E-state index contributed by atoms with van der Waals surface area (Å²) in [6.07, 6.45) is 0. The van der Waals surface area contributed by atoms with Gasteiger partial charge >= 0.3 is 5.97 Å². The standard InChI is InChI=1S/C9H6INO2S/c1-13-9(12)5-2-7(10)6(4-11)8(14)3-5/h2-3,14H,1H3. The van der Waals surface area contributed by atoms with Crippen LogP contribution < -0.4 is 0 Å². The first kappa shape index (κ1) is 11.3. The van der Waals surface area contributed by atoms with E-state index in [1.807, 2.05) is 28.7 Å². The monoisotopic (exact) mass is 319 g/mol. The van der Waals surface area contributed by atoms with Gasteiger partial charge in [-0.05, 0) is 34.7 Å². The number of nitrogens with zero attached hydrogens (tertiary/aromatic N) is 1. The van der Waals surface area contributed by atoms with Crippen LogP contribution in [0.2, 0.25) is 0 Å². The maximum atomic E-state index is 11.2. The topological polar surface area (TPSA) is 50.1 Å². The molecule has 1 rings (SSSR count). The van der Waals surface area contributed by atoms with Crippen molar-refractivity contribution in [2.45, 2.75) is 4.90 Å². The molecule has 1 aromatic carbocycles. The van der Waals surface area contributed by atoms with Crippen molar-refractivity contribution in [1.82, 2.24) is 0 Å². The molecule has 0 amide bonds. The zero-order chi connectivity index (χ0) is 10.7.